The van der Waals surface area contributed by atoms with Crippen LogP contribution in [-0.4, -0.2) is 34.4 Å². The summed E-state index contributed by atoms with van der Waals surface area (Å²) in [4.78, 5) is 25.2. The number of rotatable bonds is 3. The molecule has 0 radical (unpaired) electrons. The molecule has 114 valence electrons. The Bertz CT molecular complexity index is 785. The number of aryl methyl sites for hydroxylation is 1. The van der Waals surface area contributed by atoms with E-state index in [9.17, 15) is 9.59 Å². The Morgan fingerprint density at radius 3 is 2.82 bits per heavy atom. The van der Waals surface area contributed by atoms with Gasteiger partial charge in [0.1, 0.15) is 5.69 Å². The molecule has 1 aromatic heterocycles. The van der Waals surface area contributed by atoms with Gasteiger partial charge in [-0.25, -0.2) is 4.68 Å². The zero-order chi connectivity index (χ0) is 15.7. The van der Waals surface area contributed by atoms with Gasteiger partial charge in [0.2, 0.25) is 6.79 Å². The third kappa shape index (κ3) is 2.65. The molecule has 0 spiro atoms. The van der Waals surface area contributed by atoms with Crippen molar-refractivity contribution < 1.29 is 14.3 Å². The van der Waals surface area contributed by atoms with E-state index in [1.807, 2.05) is 18.2 Å². The van der Waals surface area contributed by atoms with Crippen molar-refractivity contribution >= 4 is 5.91 Å². The van der Waals surface area contributed by atoms with Crippen LogP contribution in [0.5, 0.6) is 11.5 Å². The number of ether oxygens (including phenoxy) is 2. The summed E-state index contributed by atoms with van der Waals surface area (Å²) in [7, 11) is 3.19. The van der Waals surface area contributed by atoms with Gasteiger partial charge in [-0.2, -0.15) is 5.10 Å². The Morgan fingerprint density at radius 2 is 2.05 bits per heavy atom. The van der Waals surface area contributed by atoms with E-state index in [2.05, 4.69) is 5.10 Å². The first-order valence-electron chi connectivity index (χ1n) is 6.73. The van der Waals surface area contributed by atoms with E-state index >= 15 is 0 Å². The quantitative estimate of drug-likeness (QED) is 0.837. The van der Waals surface area contributed by atoms with Gasteiger partial charge in [-0.1, -0.05) is 6.07 Å². The molecule has 1 aliphatic heterocycles. The minimum absolute atomic E-state index is 0.218. The van der Waals surface area contributed by atoms with Gasteiger partial charge in [0.25, 0.3) is 11.5 Å². The summed E-state index contributed by atoms with van der Waals surface area (Å²) >= 11 is 0. The molecule has 2 heterocycles. The van der Waals surface area contributed by atoms with Crippen LogP contribution in [0.2, 0.25) is 0 Å². The van der Waals surface area contributed by atoms with Gasteiger partial charge in [-0.05, 0) is 23.8 Å². The normalized spacial score (nSPS) is 12.3. The Labute approximate surface area is 126 Å². The summed E-state index contributed by atoms with van der Waals surface area (Å²) in [5.74, 6) is 1.13. The molecule has 1 aromatic carbocycles. The molecule has 0 fully saturated rings. The first kappa shape index (κ1) is 14.1. The van der Waals surface area contributed by atoms with E-state index in [-0.39, 0.29) is 24.0 Å². The Morgan fingerprint density at radius 1 is 1.27 bits per heavy atom. The maximum Gasteiger partial charge on any atom is 0.274 e. The number of hydrogen-bond donors (Lipinski definition) is 0. The molecule has 0 aliphatic carbocycles. The van der Waals surface area contributed by atoms with E-state index < -0.39 is 0 Å². The molecule has 0 saturated carbocycles. The van der Waals surface area contributed by atoms with Gasteiger partial charge in [-0.3, -0.25) is 9.59 Å². The van der Waals surface area contributed by atoms with Crippen molar-refractivity contribution in [3.05, 3.63) is 51.9 Å². The van der Waals surface area contributed by atoms with Gasteiger partial charge >= 0.3 is 0 Å². The maximum atomic E-state index is 12.3. The van der Waals surface area contributed by atoms with Crippen LogP contribution in [0, 0.1) is 0 Å². The topological polar surface area (TPSA) is 73.7 Å². The van der Waals surface area contributed by atoms with Crippen LogP contribution in [0.4, 0.5) is 0 Å². The largest absolute Gasteiger partial charge is 0.454 e. The average molecular weight is 301 g/mol. The molecule has 0 unspecified atom stereocenters. The number of nitrogens with zero attached hydrogens (tertiary/aromatic N) is 3. The second kappa shape index (κ2) is 5.51. The molecule has 2 aromatic rings. The van der Waals surface area contributed by atoms with Crippen LogP contribution < -0.4 is 15.0 Å². The fraction of sp³-hybridized carbons (Fsp3) is 0.267. The number of fused-ring (bicyclic) bond motifs is 1. The first-order chi connectivity index (χ1) is 10.5. The highest BCUT2D eigenvalue weighted by Crippen LogP contribution is 2.32. The zero-order valence-electron chi connectivity index (χ0n) is 12.3. The smallest absolute Gasteiger partial charge is 0.274 e. The highest BCUT2D eigenvalue weighted by atomic mass is 16.7. The number of amides is 1. The molecule has 0 saturated heterocycles. The summed E-state index contributed by atoms with van der Waals surface area (Å²) in [5.41, 5.74) is 0.894. The lowest BCUT2D eigenvalue weighted by atomic mass is 10.2. The van der Waals surface area contributed by atoms with Crippen molar-refractivity contribution in [2.24, 2.45) is 7.05 Å². The average Bonchev–Trinajstić information content (AvgIpc) is 2.97. The van der Waals surface area contributed by atoms with Crippen LogP contribution in [0.1, 0.15) is 16.1 Å². The Balaban J connectivity index is 1.76. The molecule has 1 aliphatic rings. The molecule has 3 rings (SSSR count). The van der Waals surface area contributed by atoms with Gasteiger partial charge in [0.15, 0.2) is 11.5 Å². The van der Waals surface area contributed by atoms with Crippen molar-refractivity contribution in [1.82, 2.24) is 14.7 Å². The van der Waals surface area contributed by atoms with Gasteiger partial charge in [0, 0.05) is 26.7 Å². The molecule has 7 heteroatoms. The predicted octanol–water partition coefficient (Wildman–Crippen LogP) is 0.781. The number of carbonyl (C=O) groups is 1. The molecular formula is C15H15N3O4. The predicted molar refractivity (Wildman–Crippen MR) is 77.8 cm³/mol. The van der Waals surface area contributed by atoms with Gasteiger partial charge in [-0.15, -0.1) is 0 Å². The van der Waals surface area contributed by atoms with Crippen LogP contribution in [0.25, 0.3) is 0 Å². The number of aromatic nitrogens is 2. The standard InChI is InChI=1S/C15H15N3O4/c1-17(15(20)11-4-6-14(19)18(2)16-11)8-10-3-5-12-13(7-10)22-9-21-12/h3-7H,8-9H2,1-2H3. The minimum atomic E-state index is -0.256. The van der Waals surface area contributed by atoms with Crippen LogP contribution >= 0.6 is 0 Å². The van der Waals surface area contributed by atoms with E-state index in [0.29, 0.717) is 18.0 Å². The fourth-order valence-electron chi connectivity index (χ4n) is 2.20. The third-order valence-corrected chi connectivity index (χ3v) is 3.38. The molecule has 0 N–H and O–H groups in total. The fourth-order valence-corrected chi connectivity index (χ4v) is 2.20. The third-order valence-electron chi connectivity index (χ3n) is 3.38. The highest BCUT2D eigenvalue weighted by molar-refractivity contribution is 5.91. The van der Waals surface area contributed by atoms with Crippen LogP contribution in [0.15, 0.2) is 35.1 Å². The van der Waals surface area contributed by atoms with Crippen molar-refractivity contribution in [2.75, 3.05) is 13.8 Å². The van der Waals surface area contributed by atoms with Crippen molar-refractivity contribution in [3.63, 3.8) is 0 Å². The second-order valence-corrected chi connectivity index (χ2v) is 5.03. The van der Waals surface area contributed by atoms with E-state index in [4.69, 9.17) is 9.47 Å². The van der Waals surface area contributed by atoms with Gasteiger partial charge < -0.3 is 14.4 Å². The number of carbonyl (C=O) groups excluding carboxylic acids is 1. The summed E-state index contributed by atoms with van der Waals surface area (Å²) in [5, 5.41) is 3.96. The first-order valence-corrected chi connectivity index (χ1v) is 6.73. The van der Waals surface area contributed by atoms with E-state index in [1.165, 1.54) is 24.1 Å². The summed E-state index contributed by atoms with van der Waals surface area (Å²) < 4.78 is 11.7. The monoisotopic (exact) mass is 301 g/mol. The zero-order valence-corrected chi connectivity index (χ0v) is 12.3. The van der Waals surface area contributed by atoms with Crippen molar-refractivity contribution in [3.8, 4) is 11.5 Å². The molecule has 1 amide bonds. The lowest BCUT2D eigenvalue weighted by Crippen LogP contribution is -2.30. The highest BCUT2D eigenvalue weighted by Gasteiger charge is 2.17. The maximum absolute atomic E-state index is 12.3. The van der Waals surface area contributed by atoms with Crippen molar-refractivity contribution in [2.45, 2.75) is 6.54 Å². The summed E-state index contributed by atoms with van der Waals surface area (Å²) in [6.07, 6.45) is 0. The Kier molecular flexibility index (Phi) is 3.54. The number of benzene rings is 1. The summed E-state index contributed by atoms with van der Waals surface area (Å²) in [6.45, 7) is 0.621. The minimum Gasteiger partial charge on any atom is -0.454 e. The Hall–Kier alpha value is -2.83. The van der Waals surface area contributed by atoms with Crippen LogP contribution in [-0.2, 0) is 13.6 Å². The van der Waals surface area contributed by atoms with E-state index in [1.54, 1.807) is 7.05 Å². The van der Waals surface area contributed by atoms with Crippen LogP contribution in [0.3, 0.4) is 0 Å². The molecule has 0 atom stereocenters. The molecular weight excluding hydrogens is 286 g/mol. The summed E-state index contributed by atoms with van der Waals surface area (Å²) in [6, 6.07) is 8.31. The number of hydrogen-bond acceptors (Lipinski definition) is 5. The second-order valence-electron chi connectivity index (χ2n) is 5.03. The molecule has 7 nitrogen and oxygen atoms in total. The van der Waals surface area contributed by atoms with E-state index in [0.717, 1.165) is 10.2 Å². The van der Waals surface area contributed by atoms with Crippen molar-refractivity contribution in [1.29, 1.82) is 0 Å². The lowest BCUT2D eigenvalue weighted by molar-refractivity contribution is 0.0776. The lowest BCUT2D eigenvalue weighted by Gasteiger charge is -2.17. The SMILES string of the molecule is CN(Cc1ccc2c(c1)OCO2)C(=O)c1ccc(=O)n(C)n1. The molecule has 0 bridgehead atoms. The molecule has 22 heavy (non-hydrogen) atoms. The van der Waals surface area contributed by atoms with Gasteiger partial charge in [0.05, 0.1) is 0 Å².